The van der Waals surface area contributed by atoms with Crippen LogP contribution in [-0.2, 0) is 20.8 Å². The second-order valence-electron chi connectivity index (χ2n) is 10.3. The SMILES string of the molecule is N#Cc1ccnc(N2CCCC2=O)c1.O=CN(c1ccc(F)c(F)c1)C(CCc1ccccc1)C(=O)NC1CC(F)(F)C1. The number of nitrogens with one attached hydrogen (secondary N) is 1. The Morgan fingerprint density at radius 2 is 1.88 bits per heavy atom. The second-order valence-corrected chi connectivity index (χ2v) is 10.3. The van der Waals surface area contributed by atoms with Crippen molar-refractivity contribution in [2.24, 2.45) is 0 Å². The third-order valence-electron chi connectivity index (χ3n) is 7.16. The first-order valence-electron chi connectivity index (χ1n) is 13.7. The predicted octanol–water partition coefficient (Wildman–Crippen LogP) is 4.92. The molecular formula is C31H29F4N5O3. The Bertz CT molecular complexity index is 1490. The number of aromatic nitrogens is 1. The van der Waals surface area contributed by atoms with Crippen LogP contribution in [0.1, 0.15) is 43.2 Å². The van der Waals surface area contributed by atoms with Gasteiger partial charge in [-0.1, -0.05) is 30.3 Å². The summed E-state index contributed by atoms with van der Waals surface area (Å²) in [7, 11) is 0. The average molecular weight is 596 g/mol. The number of aryl methyl sites for hydroxylation is 1. The Morgan fingerprint density at radius 1 is 1.14 bits per heavy atom. The third-order valence-corrected chi connectivity index (χ3v) is 7.16. The summed E-state index contributed by atoms with van der Waals surface area (Å²) >= 11 is 0. The third kappa shape index (κ3) is 8.16. The van der Waals surface area contributed by atoms with Crippen LogP contribution in [0.15, 0.2) is 66.9 Å². The van der Waals surface area contributed by atoms with Gasteiger partial charge in [-0.3, -0.25) is 19.3 Å². The number of pyridine rings is 1. The molecule has 1 aromatic heterocycles. The van der Waals surface area contributed by atoms with Crippen molar-refractivity contribution < 1.29 is 31.9 Å². The molecule has 1 saturated carbocycles. The minimum absolute atomic E-state index is 0.00560. The number of rotatable bonds is 9. The molecule has 8 nitrogen and oxygen atoms in total. The van der Waals surface area contributed by atoms with Crippen molar-refractivity contribution in [1.29, 1.82) is 5.26 Å². The van der Waals surface area contributed by atoms with Crippen LogP contribution < -0.4 is 15.1 Å². The van der Waals surface area contributed by atoms with Crippen LogP contribution in [0.4, 0.5) is 29.1 Å². The van der Waals surface area contributed by atoms with Gasteiger partial charge in [-0.2, -0.15) is 5.26 Å². The number of anilines is 2. The fourth-order valence-electron chi connectivity index (χ4n) is 4.89. The molecule has 1 aliphatic heterocycles. The molecule has 1 saturated heterocycles. The fraction of sp³-hybridized carbons (Fsp3) is 0.323. The lowest BCUT2D eigenvalue weighted by Crippen LogP contribution is -2.56. The molecule has 2 aromatic carbocycles. The minimum Gasteiger partial charge on any atom is -0.351 e. The molecule has 3 amide bonds. The lowest BCUT2D eigenvalue weighted by Gasteiger charge is -2.37. The van der Waals surface area contributed by atoms with Gasteiger partial charge >= 0.3 is 0 Å². The van der Waals surface area contributed by atoms with Gasteiger partial charge in [-0.15, -0.1) is 0 Å². The van der Waals surface area contributed by atoms with E-state index in [1.165, 1.54) is 6.07 Å². The summed E-state index contributed by atoms with van der Waals surface area (Å²) in [5.74, 6) is -4.98. The van der Waals surface area contributed by atoms with Crippen molar-refractivity contribution in [2.75, 3.05) is 16.3 Å². The van der Waals surface area contributed by atoms with Gasteiger partial charge in [0.05, 0.1) is 11.6 Å². The topological polar surface area (TPSA) is 106 Å². The Labute approximate surface area is 245 Å². The number of nitriles is 1. The molecular weight excluding hydrogens is 566 g/mol. The molecule has 0 spiro atoms. The molecule has 43 heavy (non-hydrogen) atoms. The number of alkyl halides is 2. The smallest absolute Gasteiger partial charge is 0.252 e. The van der Waals surface area contributed by atoms with E-state index in [9.17, 15) is 31.9 Å². The van der Waals surface area contributed by atoms with Crippen molar-refractivity contribution >= 4 is 29.7 Å². The van der Waals surface area contributed by atoms with Crippen LogP contribution in [0.3, 0.4) is 0 Å². The summed E-state index contributed by atoms with van der Waals surface area (Å²) in [4.78, 5) is 42.6. The van der Waals surface area contributed by atoms with Gasteiger partial charge in [0.1, 0.15) is 11.9 Å². The summed E-state index contributed by atoms with van der Waals surface area (Å²) in [5, 5.41) is 11.2. The number of benzene rings is 2. The number of carbonyl (C=O) groups excluding carboxylic acids is 3. The number of nitrogens with zero attached hydrogens (tertiary/aromatic N) is 4. The highest BCUT2D eigenvalue weighted by atomic mass is 19.3. The molecule has 1 unspecified atom stereocenters. The zero-order valence-corrected chi connectivity index (χ0v) is 23.1. The van der Waals surface area contributed by atoms with Crippen molar-refractivity contribution in [1.82, 2.24) is 10.3 Å². The summed E-state index contributed by atoms with van der Waals surface area (Å²) in [6.07, 6.45) is 3.05. The maximum absolute atomic E-state index is 13.6. The Balaban J connectivity index is 0.000000251. The van der Waals surface area contributed by atoms with E-state index in [1.807, 2.05) is 36.4 Å². The first kappa shape index (κ1) is 31.2. The minimum atomic E-state index is -2.80. The monoisotopic (exact) mass is 595 g/mol. The van der Waals surface area contributed by atoms with Gasteiger partial charge in [0.25, 0.3) is 5.92 Å². The highest BCUT2D eigenvalue weighted by molar-refractivity contribution is 5.94. The number of hydrogen-bond acceptors (Lipinski definition) is 5. The molecule has 5 rings (SSSR count). The van der Waals surface area contributed by atoms with Crippen LogP contribution in [0, 0.1) is 23.0 Å². The molecule has 2 fully saturated rings. The first-order valence-corrected chi connectivity index (χ1v) is 13.7. The van der Waals surface area contributed by atoms with E-state index < -0.39 is 48.4 Å². The highest BCUT2D eigenvalue weighted by Crippen LogP contribution is 2.37. The van der Waals surface area contributed by atoms with Crippen molar-refractivity contribution in [3.63, 3.8) is 0 Å². The van der Waals surface area contributed by atoms with Crippen LogP contribution in [0.25, 0.3) is 0 Å². The van der Waals surface area contributed by atoms with E-state index in [0.29, 0.717) is 37.2 Å². The zero-order chi connectivity index (χ0) is 31.0. The predicted molar refractivity (Wildman–Crippen MR) is 150 cm³/mol. The van der Waals surface area contributed by atoms with E-state index >= 15 is 0 Å². The Morgan fingerprint density at radius 3 is 2.49 bits per heavy atom. The van der Waals surface area contributed by atoms with Crippen LogP contribution in [-0.4, -0.2) is 47.8 Å². The van der Waals surface area contributed by atoms with Crippen molar-refractivity contribution in [3.8, 4) is 6.07 Å². The van der Waals surface area contributed by atoms with Gasteiger partial charge in [-0.25, -0.2) is 22.5 Å². The maximum atomic E-state index is 13.6. The summed E-state index contributed by atoms with van der Waals surface area (Å²) in [5.41, 5.74) is 1.46. The van der Waals surface area contributed by atoms with E-state index in [1.54, 1.807) is 23.2 Å². The molecule has 12 heteroatoms. The number of hydrogen-bond donors (Lipinski definition) is 1. The van der Waals surface area contributed by atoms with Crippen LogP contribution in [0.2, 0.25) is 0 Å². The van der Waals surface area contributed by atoms with Gasteiger partial charge in [-0.05, 0) is 49.1 Å². The van der Waals surface area contributed by atoms with E-state index in [0.717, 1.165) is 29.0 Å². The Hall–Kier alpha value is -4.79. The molecule has 1 aliphatic carbocycles. The van der Waals surface area contributed by atoms with E-state index in [4.69, 9.17) is 5.26 Å². The quantitative estimate of drug-likeness (QED) is 0.279. The molecule has 224 valence electrons. The molecule has 0 radical (unpaired) electrons. The van der Waals surface area contributed by atoms with Gasteiger partial charge in [0.15, 0.2) is 11.6 Å². The molecule has 1 N–H and O–H groups in total. The lowest BCUT2D eigenvalue weighted by atomic mass is 9.88. The fourth-order valence-corrected chi connectivity index (χ4v) is 4.89. The zero-order valence-electron chi connectivity index (χ0n) is 23.1. The molecule has 2 heterocycles. The van der Waals surface area contributed by atoms with Gasteiger partial charge in [0, 0.05) is 49.8 Å². The Kier molecular flexibility index (Phi) is 10.1. The second kappa shape index (κ2) is 13.9. The van der Waals surface area contributed by atoms with E-state index in [2.05, 4.69) is 10.3 Å². The van der Waals surface area contributed by atoms with Crippen molar-refractivity contribution in [2.45, 2.75) is 56.5 Å². The summed E-state index contributed by atoms with van der Waals surface area (Å²) in [6, 6.07) is 15.6. The number of carbonyl (C=O) groups is 3. The molecule has 3 aromatic rings. The van der Waals surface area contributed by atoms with Gasteiger partial charge in [0.2, 0.25) is 18.2 Å². The average Bonchev–Trinajstić information content (AvgIpc) is 3.42. The summed E-state index contributed by atoms with van der Waals surface area (Å²) in [6.45, 7) is 0.709. The number of halogens is 4. The van der Waals surface area contributed by atoms with Gasteiger partial charge < -0.3 is 10.2 Å². The van der Waals surface area contributed by atoms with Crippen molar-refractivity contribution in [3.05, 3.63) is 89.6 Å². The molecule has 0 bridgehead atoms. The summed E-state index contributed by atoms with van der Waals surface area (Å²) < 4.78 is 53.1. The molecule has 1 atom stereocenters. The van der Waals surface area contributed by atoms with Crippen LogP contribution >= 0.6 is 0 Å². The first-order chi connectivity index (χ1) is 20.6. The van der Waals surface area contributed by atoms with E-state index in [-0.39, 0.29) is 18.0 Å². The molecule has 2 aliphatic rings. The standard InChI is InChI=1S/C21H20F4N2O2.C10H9N3O/c22-17-8-7-16(10-18(17)23)27(13-28)19(9-6-14-4-2-1-3-5-14)20(29)26-15-11-21(24,25)12-15;11-7-8-3-4-12-9(6-8)13-5-1-2-10(13)14/h1-5,7-8,10,13,15,19H,6,9,11-12H2,(H,26,29);3-4,6H,1-2,5H2. The highest BCUT2D eigenvalue weighted by Gasteiger charge is 2.46. The largest absolute Gasteiger partial charge is 0.351 e. The normalized spacial score (nSPS) is 16.3. The van der Waals surface area contributed by atoms with Crippen LogP contribution in [0.5, 0.6) is 0 Å². The number of amides is 3. The lowest BCUT2D eigenvalue weighted by molar-refractivity contribution is -0.131. The maximum Gasteiger partial charge on any atom is 0.252 e.